The molecule has 0 aromatic rings. The van der Waals surface area contributed by atoms with Gasteiger partial charge in [-0.25, -0.2) is 0 Å². The molecule has 2 nitrogen and oxygen atoms in total. The molecule has 0 fully saturated rings. The van der Waals surface area contributed by atoms with Gasteiger partial charge in [0, 0.05) is 12.8 Å². The van der Waals surface area contributed by atoms with Crippen LogP contribution < -0.4 is 0 Å². The molecule has 4 heteroatoms. The Hall–Kier alpha value is -1.32. The molecule has 1 heterocycles. The number of rotatable bonds is 0. The van der Waals surface area contributed by atoms with Gasteiger partial charge in [-0.05, 0) is 13.3 Å². The van der Waals surface area contributed by atoms with Crippen molar-refractivity contribution < 1.29 is 18.3 Å². The van der Waals surface area contributed by atoms with Gasteiger partial charge in [0.25, 0.3) is 0 Å². The predicted octanol–water partition coefficient (Wildman–Crippen LogP) is 3.48. The quantitative estimate of drug-likeness (QED) is 0.614. The van der Waals surface area contributed by atoms with E-state index in [2.05, 4.69) is 9.47 Å². The maximum absolute atomic E-state index is 12.8. The molecule has 0 bridgehead atoms. The number of halogens is 2. The van der Waals surface area contributed by atoms with Gasteiger partial charge in [-0.15, -0.1) is 8.78 Å². The van der Waals surface area contributed by atoms with Gasteiger partial charge in [-0.3, -0.25) is 0 Å². The van der Waals surface area contributed by atoms with Crippen LogP contribution in [0.5, 0.6) is 0 Å². The first-order chi connectivity index (χ1) is 7.07. The first-order valence-electron chi connectivity index (χ1n) is 4.88. The van der Waals surface area contributed by atoms with E-state index in [1.54, 1.807) is 6.08 Å². The maximum atomic E-state index is 12.8. The van der Waals surface area contributed by atoms with E-state index >= 15 is 0 Å². The fourth-order valence-corrected chi connectivity index (χ4v) is 1.62. The van der Waals surface area contributed by atoms with Crippen molar-refractivity contribution in [1.29, 1.82) is 0 Å². The second-order valence-electron chi connectivity index (χ2n) is 3.61. The van der Waals surface area contributed by atoms with E-state index in [9.17, 15) is 8.78 Å². The lowest BCUT2D eigenvalue weighted by Gasteiger charge is -2.08. The predicted molar refractivity (Wildman–Crippen MR) is 50.9 cm³/mol. The van der Waals surface area contributed by atoms with Crippen LogP contribution >= 0.6 is 0 Å². The van der Waals surface area contributed by atoms with Crippen LogP contribution in [-0.2, 0) is 9.47 Å². The van der Waals surface area contributed by atoms with Gasteiger partial charge in [0.15, 0.2) is 0 Å². The van der Waals surface area contributed by atoms with Crippen LogP contribution in [-0.4, -0.2) is 6.29 Å². The SMILES string of the molecule is CC1=CCCC2=C(CC=C1)OC(F)(F)O2. The van der Waals surface area contributed by atoms with E-state index < -0.39 is 6.29 Å². The largest absolute Gasteiger partial charge is 0.585 e. The zero-order valence-electron chi connectivity index (χ0n) is 8.43. The lowest BCUT2D eigenvalue weighted by molar-refractivity contribution is -0.338. The number of hydrogen-bond donors (Lipinski definition) is 0. The van der Waals surface area contributed by atoms with Crippen LogP contribution in [0.25, 0.3) is 0 Å². The Morgan fingerprint density at radius 1 is 1.27 bits per heavy atom. The van der Waals surface area contributed by atoms with Gasteiger partial charge >= 0.3 is 6.29 Å². The number of allylic oxidation sites excluding steroid dienone is 5. The van der Waals surface area contributed by atoms with E-state index in [-0.39, 0.29) is 11.5 Å². The molecule has 1 aliphatic carbocycles. The van der Waals surface area contributed by atoms with Gasteiger partial charge in [0.1, 0.15) is 11.5 Å². The molecule has 0 unspecified atom stereocenters. The Morgan fingerprint density at radius 2 is 2.00 bits per heavy atom. The summed E-state index contributed by atoms with van der Waals surface area (Å²) in [6.45, 7) is 1.98. The molecule has 2 rings (SSSR count). The fraction of sp³-hybridized carbons (Fsp3) is 0.455. The van der Waals surface area contributed by atoms with Crippen LogP contribution in [0.1, 0.15) is 26.2 Å². The van der Waals surface area contributed by atoms with Crippen LogP contribution in [0.15, 0.2) is 35.3 Å². The minimum Gasteiger partial charge on any atom is -0.400 e. The Kier molecular flexibility index (Phi) is 2.50. The molecule has 0 saturated heterocycles. The Morgan fingerprint density at radius 3 is 2.80 bits per heavy atom. The molecule has 15 heavy (non-hydrogen) atoms. The second-order valence-corrected chi connectivity index (χ2v) is 3.61. The zero-order valence-corrected chi connectivity index (χ0v) is 8.43. The van der Waals surface area contributed by atoms with E-state index in [1.165, 1.54) is 0 Å². The summed E-state index contributed by atoms with van der Waals surface area (Å²) >= 11 is 0. The Labute approximate surface area is 86.9 Å². The molecule has 0 radical (unpaired) electrons. The van der Waals surface area contributed by atoms with Crippen LogP contribution in [0.3, 0.4) is 0 Å². The first kappa shape index (κ1) is 10.2. The average Bonchev–Trinajstić information content (AvgIpc) is 2.42. The highest BCUT2D eigenvalue weighted by molar-refractivity contribution is 5.21. The zero-order chi connectivity index (χ0) is 10.9. The third kappa shape index (κ3) is 2.37. The summed E-state index contributed by atoms with van der Waals surface area (Å²) in [6.07, 6.45) is 3.73. The Bertz CT molecular complexity index is 354. The summed E-state index contributed by atoms with van der Waals surface area (Å²) in [5.74, 6) is 0.523. The lowest BCUT2D eigenvalue weighted by atomic mass is 10.2. The van der Waals surface area contributed by atoms with Gasteiger partial charge < -0.3 is 9.47 Å². The summed E-state index contributed by atoms with van der Waals surface area (Å²) in [5, 5.41) is 0. The van der Waals surface area contributed by atoms with E-state index in [0.717, 1.165) is 5.57 Å². The number of hydrogen-bond acceptors (Lipinski definition) is 2. The van der Waals surface area contributed by atoms with Crippen molar-refractivity contribution >= 4 is 0 Å². The lowest BCUT2D eigenvalue weighted by Crippen LogP contribution is -2.16. The van der Waals surface area contributed by atoms with E-state index in [4.69, 9.17) is 0 Å². The molecule has 0 N–H and O–H groups in total. The van der Waals surface area contributed by atoms with Crippen LogP contribution in [0.4, 0.5) is 8.78 Å². The molecular formula is C11H12F2O2. The topological polar surface area (TPSA) is 18.5 Å². The highest BCUT2D eigenvalue weighted by Crippen LogP contribution is 2.37. The third-order valence-electron chi connectivity index (χ3n) is 2.32. The van der Waals surface area contributed by atoms with Crippen molar-refractivity contribution in [1.82, 2.24) is 0 Å². The molecule has 0 aromatic carbocycles. The summed E-state index contributed by atoms with van der Waals surface area (Å²) < 4.78 is 34.4. The molecular weight excluding hydrogens is 202 g/mol. The van der Waals surface area contributed by atoms with Crippen molar-refractivity contribution in [3.8, 4) is 0 Å². The molecule has 1 aliphatic heterocycles. The molecule has 2 aliphatic rings. The van der Waals surface area contributed by atoms with Gasteiger partial charge in [-0.1, -0.05) is 23.8 Å². The number of alkyl halides is 2. The summed E-state index contributed by atoms with van der Waals surface area (Å²) in [4.78, 5) is 0. The van der Waals surface area contributed by atoms with E-state index in [0.29, 0.717) is 19.3 Å². The first-order valence-corrected chi connectivity index (χ1v) is 4.88. The van der Waals surface area contributed by atoms with E-state index in [1.807, 2.05) is 19.1 Å². The van der Waals surface area contributed by atoms with Crippen LogP contribution in [0.2, 0.25) is 0 Å². The summed E-state index contributed by atoms with van der Waals surface area (Å²) in [6, 6.07) is 0. The monoisotopic (exact) mass is 214 g/mol. The normalized spacial score (nSPS) is 24.3. The highest BCUT2D eigenvalue weighted by atomic mass is 19.3. The molecule has 0 saturated carbocycles. The third-order valence-corrected chi connectivity index (χ3v) is 2.32. The smallest absolute Gasteiger partial charge is 0.400 e. The summed E-state index contributed by atoms with van der Waals surface area (Å²) in [7, 11) is 0. The van der Waals surface area contributed by atoms with Crippen molar-refractivity contribution in [2.75, 3.05) is 0 Å². The second kappa shape index (κ2) is 3.68. The van der Waals surface area contributed by atoms with Gasteiger partial charge in [0.05, 0.1) is 0 Å². The van der Waals surface area contributed by atoms with Gasteiger partial charge in [-0.2, -0.15) is 0 Å². The Balaban J connectivity index is 2.15. The molecule has 0 aromatic heterocycles. The van der Waals surface area contributed by atoms with Crippen molar-refractivity contribution in [3.63, 3.8) is 0 Å². The maximum Gasteiger partial charge on any atom is 0.585 e. The van der Waals surface area contributed by atoms with Crippen molar-refractivity contribution in [2.45, 2.75) is 32.5 Å². The van der Waals surface area contributed by atoms with Crippen molar-refractivity contribution in [3.05, 3.63) is 35.3 Å². The molecule has 0 amide bonds. The molecule has 82 valence electrons. The minimum atomic E-state index is -3.48. The number of ether oxygens (including phenoxy) is 2. The molecule has 0 spiro atoms. The fourth-order valence-electron chi connectivity index (χ4n) is 1.62. The van der Waals surface area contributed by atoms with Gasteiger partial charge in [0.2, 0.25) is 0 Å². The van der Waals surface area contributed by atoms with Crippen LogP contribution in [0, 0.1) is 0 Å². The summed E-state index contributed by atoms with van der Waals surface area (Å²) in [5.41, 5.74) is 1.13. The van der Waals surface area contributed by atoms with Crippen molar-refractivity contribution in [2.24, 2.45) is 0 Å². The molecule has 0 atom stereocenters. The average molecular weight is 214 g/mol. The minimum absolute atomic E-state index is 0.249. The highest BCUT2D eigenvalue weighted by Gasteiger charge is 2.44. The standard InChI is InChI=1S/C11H12F2O2/c1-8-4-2-6-9-10(7-3-5-8)15-11(12,13)14-9/h2,4-5H,3,6-7H2,1H3.